The van der Waals surface area contributed by atoms with Crippen LogP contribution in [0.5, 0.6) is 0 Å². The summed E-state index contributed by atoms with van der Waals surface area (Å²) in [5.41, 5.74) is 0. The number of imidazole rings is 1. The van der Waals surface area contributed by atoms with Gasteiger partial charge in [-0.25, -0.2) is 4.98 Å². The summed E-state index contributed by atoms with van der Waals surface area (Å²) in [7, 11) is 0. The van der Waals surface area contributed by atoms with Gasteiger partial charge in [-0.15, -0.1) is 0 Å². The highest BCUT2D eigenvalue weighted by Crippen LogP contribution is 1.97. The van der Waals surface area contributed by atoms with E-state index in [1.54, 1.807) is 6.20 Å². The van der Waals surface area contributed by atoms with Crippen LogP contribution < -0.4 is 10.6 Å². The molecule has 0 amide bonds. The number of nitrogens with one attached hydrogen (secondary N) is 3. The van der Waals surface area contributed by atoms with Crippen molar-refractivity contribution in [1.29, 1.82) is 0 Å². The number of piperazine rings is 1. The van der Waals surface area contributed by atoms with E-state index in [9.17, 15) is 0 Å². The van der Waals surface area contributed by atoms with Gasteiger partial charge in [0.05, 0.1) is 0 Å². The van der Waals surface area contributed by atoms with Gasteiger partial charge in [-0.1, -0.05) is 0 Å². The smallest absolute Gasteiger partial charge is 0.107 e. The Kier molecular flexibility index (Phi) is 2.39. The van der Waals surface area contributed by atoms with E-state index in [0.717, 1.165) is 31.9 Å². The van der Waals surface area contributed by atoms with Gasteiger partial charge in [-0.3, -0.25) is 0 Å². The van der Waals surface area contributed by atoms with E-state index in [-0.39, 0.29) is 0 Å². The average molecular weight is 166 g/mol. The van der Waals surface area contributed by atoms with Gasteiger partial charge >= 0.3 is 0 Å². The fourth-order valence-corrected chi connectivity index (χ4v) is 1.50. The molecule has 66 valence electrons. The third kappa shape index (κ3) is 1.84. The molecular weight excluding hydrogens is 152 g/mol. The first-order valence-electron chi connectivity index (χ1n) is 4.37. The lowest BCUT2D eigenvalue weighted by molar-refractivity contribution is 0.412. The van der Waals surface area contributed by atoms with E-state index in [4.69, 9.17) is 0 Å². The fourth-order valence-electron chi connectivity index (χ4n) is 1.50. The molecule has 4 nitrogen and oxygen atoms in total. The zero-order chi connectivity index (χ0) is 8.23. The Morgan fingerprint density at radius 1 is 1.50 bits per heavy atom. The van der Waals surface area contributed by atoms with Gasteiger partial charge < -0.3 is 15.6 Å². The quantitative estimate of drug-likeness (QED) is 0.556. The molecule has 1 saturated heterocycles. The summed E-state index contributed by atoms with van der Waals surface area (Å²) in [6.07, 6.45) is 4.65. The molecule has 0 spiro atoms. The minimum atomic E-state index is 0.532. The Morgan fingerprint density at radius 3 is 3.17 bits per heavy atom. The number of aromatic nitrogens is 2. The zero-order valence-electron chi connectivity index (χ0n) is 7.01. The Balaban J connectivity index is 1.86. The van der Waals surface area contributed by atoms with E-state index in [1.165, 1.54) is 0 Å². The lowest BCUT2D eigenvalue weighted by atomic mass is 10.1. The maximum atomic E-state index is 4.19. The van der Waals surface area contributed by atoms with Gasteiger partial charge in [0, 0.05) is 44.5 Å². The lowest BCUT2D eigenvalue weighted by Crippen LogP contribution is -2.49. The molecule has 1 atom stereocenters. The maximum absolute atomic E-state index is 4.19. The Labute approximate surface area is 71.8 Å². The van der Waals surface area contributed by atoms with Gasteiger partial charge in [-0.05, 0) is 0 Å². The molecule has 0 aliphatic carbocycles. The Bertz CT molecular complexity index is 213. The van der Waals surface area contributed by atoms with Gasteiger partial charge in [0.15, 0.2) is 0 Å². The highest BCUT2D eigenvalue weighted by Gasteiger charge is 2.12. The summed E-state index contributed by atoms with van der Waals surface area (Å²) in [6.45, 7) is 3.18. The largest absolute Gasteiger partial charge is 0.349 e. The first kappa shape index (κ1) is 7.76. The van der Waals surface area contributed by atoms with E-state index in [0.29, 0.717) is 6.04 Å². The lowest BCUT2D eigenvalue weighted by Gasteiger charge is -2.23. The van der Waals surface area contributed by atoms with Crippen molar-refractivity contribution in [3.63, 3.8) is 0 Å². The second-order valence-electron chi connectivity index (χ2n) is 3.10. The third-order valence-corrected chi connectivity index (χ3v) is 2.12. The van der Waals surface area contributed by atoms with Gasteiger partial charge in [0.2, 0.25) is 0 Å². The number of rotatable bonds is 2. The van der Waals surface area contributed by atoms with Crippen LogP contribution in [0.4, 0.5) is 0 Å². The third-order valence-electron chi connectivity index (χ3n) is 2.12. The monoisotopic (exact) mass is 166 g/mol. The van der Waals surface area contributed by atoms with Crippen molar-refractivity contribution in [3.05, 3.63) is 18.2 Å². The summed E-state index contributed by atoms with van der Waals surface area (Å²) in [4.78, 5) is 7.29. The fraction of sp³-hybridized carbons (Fsp3) is 0.625. The van der Waals surface area contributed by atoms with Crippen LogP contribution in [0.1, 0.15) is 5.82 Å². The number of hydrogen-bond donors (Lipinski definition) is 3. The summed E-state index contributed by atoms with van der Waals surface area (Å²) < 4.78 is 0. The van der Waals surface area contributed by atoms with Crippen molar-refractivity contribution < 1.29 is 0 Å². The molecule has 4 heteroatoms. The highest BCUT2D eigenvalue weighted by molar-refractivity contribution is 4.92. The molecule has 0 radical (unpaired) electrons. The number of hydrogen-bond acceptors (Lipinski definition) is 3. The van der Waals surface area contributed by atoms with Crippen LogP contribution in [0.2, 0.25) is 0 Å². The van der Waals surface area contributed by atoms with Crippen molar-refractivity contribution in [1.82, 2.24) is 20.6 Å². The summed E-state index contributed by atoms with van der Waals surface area (Å²) in [5.74, 6) is 1.07. The second kappa shape index (κ2) is 3.69. The Morgan fingerprint density at radius 2 is 2.50 bits per heavy atom. The van der Waals surface area contributed by atoms with E-state index >= 15 is 0 Å². The molecule has 0 bridgehead atoms. The van der Waals surface area contributed by atoms with Gasteiger partial charge in [-0.2, -0.15) is 0 Å². The average Bonchev–Trinajstić information content (AvgIpc) is 2.59. The minimum absolute atomic E-state index is 0.532. The molecular formula is C8H14N4. The number of H-pyrrole nitrogens is 1. The molecule has 1 aromatic heterocycles. The molecule has 0 unspecified atom stereocenters. The predicted octanol–water partition coefficient (Wildman–Crippen LogP) is -0.486. The molecule has 1 aromatic rings. The van der Waals surface area contributed by atoms with Gasteiger partial charge in [0.25, 0.3) is 0 Å². The van der Waals surface area contributed by atoms with E-state index < -0.39 is 0 Å². The SMILES string of the molecule is c1c[nH]c(C[C@H]2CNCCN2)n1. The maximum Gasteiger partial charge on any atom is 0.107 e. The van der Waals surface area contributed by atoms with Crippen molar-refractivity contribution in [2.75, 3.05) is 19.6 Å². The normalized spacial score (nSPS) is 24.2. The van der Waals surface area contributed by atoms with E-state index in [1.807, 2.05) is 6.20 Å². The van der Waals surface area contributed by atoms with Crippen LogP contribution in [0.3, 0.4) is 0 Å². The molecule has 12 heavy (non-hydrogen) atoms. The van der Waals surface area contributed by atoms with Crippen LogP contribution in [0, 0.1) is 0 Å². The summed E-state index contributed by atoms with van der Waals surface area (Å²) in [6, 6.07) is 0.532. The molecule has 1 fully saturated rings. The van der Waals surface area contributed by atoms with Crippen LogP contribution in [0.25, 0.3) is 0 Å². The van der Waals surface area contributed by atoms with Crippen molar-refractivity contribution >= 4 is 0 Å². The van der Waals surface area contributed by atoms with Crippen LogP contribution in [-0.4, -0.2) is 35.6 Å². The molecule has 2 heterocycles. The first-order valence-corrected chi connectivity index (χ1v) is 4.37. The van der Waals surface area contributed by atoms with Crippen LogP contribution in [-0.2, 0) is 6.42 Å². The Hall–Kier alpha value is -0.870. The zero-order valence-corrected chi connectivity index (χ0v) is 7.01. The minimum Gasteiger partial charge on any atom is -0.349 e. The van der Waals surface area contributed by atoms with E-state index in [2.05, 4.69) is 20.6 Å². The van der Waals surface area contributed by atoms with Crippen molar-refractivity contribution in [2.45, 2.75) is 12.5 Å². The first-order chi connectivity index (χ1) is 5.95. The highest BCUT2D eigenvalue weighted by atomic mass is 15.1. The summed E-state index contributed by atoms with van der Waals surface area (Å²) >= 11 is 0. The van der Waals surface area contributed by atoms with Crippen molar-refractivity contribution in [2.24, 2.45) is 0 Å². The van der Waals surface area contributed by atoms with Crippen molar-refractivity contribution in [3.8, 4) is 0 Å². The predicted molar refractivity (Wildman–Crippen MR) is 47.0 cm³/mol. The topological polar surface area (TPSA) is 52.7 Å². The molecule has 1 aliphatic rings. The summed E-state index contributed by atoms with van der Waals surface area (Å²) in [5, 5.41) is 6.78. The number of nitrogens with zero attached hydrogens (tertiary/aromatic N) is 1. The molecule has 2 rings (SSSR count). The van der Waals surface area contributed by atoms with Crippen LogP contribution in [0.15, 0.2) is 12.4 Å². The van der Waals surface area contributed by atoms with Gasteiger partial charge in [0.1, 0.15) is 5.82 Å². The molecule has 1 aliphatic heterocycles. The molecule has 3 N–H and O–H groups in total. The van der Waals surface area contributed by atoms with Crippen LogP contribution >= 0.6 is 0 Å². The second-order valence-corrected chi connectivity index (χ2v) is 3.10. The molecule has 0 saturated carbocycles. The number of aromatic amines is 1. The molecule has 0 aromatic carbocycles. The standard InChI is InChI=1S/C8H14N4/c1-2-10-7(6-9-1)5-8-11-3-4-12-8/h3-4,7,9-10H,1-2,5-6H2,(H,11,12)/t7-/m0/s1.